The lowest BCUT2D eigenvalue weighted by atomic mass is 9.49. The van der Waals surface area contributed by atoms with Crippen molar-refractivity contribution in [3.8, 4) is 0 Å². The maximum Gasteiger partial charge on any atom is 0.133 e. The predicted octanol–water partition coefficient (Wildman–Crippen LogP) is 3.18. The minimum absolute atomic E-state index is 0.881. The number of hydrogen-bond acceptors (Lipinski definition) is 0. The van der Waals surface area contributed by atoms with E-state index in [9.17, 15) is 0 Å². The molecular weight excluding hydrogens is 107 g/mol. The third-order valence-corrected chi connectivity index (χ3v) is 1.66. The van der Waals surface area contributed by atoms with E-state index in [4.69, 9.17) is 0 Å². The summed E-state index contributed by atoms with van der Waals surface area (Å²) in [6, 6.07) is 0. The van der Waals surface area contributed by atoms with Crippen molar-refractivity contribution >= 4 is 6.71 Å². The predicted molar refractivity (Wildman–Crippen MR) is 46.4 cm³/mol. The highest BCUT2D eigenvalue weighted by Gasteiger charge is 2.04. The summed E-state index contributed by atoms with van der Waals surface area (Å²) in [5.74, 6) is 0.940. The molecule has 1 unspecified atom stereocenters. The van der Waals surface area contributed by atoms with Crippen molar-refractivity contribution in [2.45, 2.75) is 46.7 Å². The molecule has 0 fully saturated rings. The summed E-state index contributed by atoms with van der Waals surface area (Å²) in [4.78, 5) is 0. The molecule has 0 aromatic carbocycles. The van der Waals surface area contributed by atoms with E-state index in [0.717, 1.165) is 12.6 Å². The van der Waals surface area contributed by atoms with Gasteiger partial charge in [-0.15, -0.1) is 0 Å². The number of hydrogen-bond donors (Lipinski definition) is 0. The van der Waals surface area contributed by atoms with E-state index in [1.165, 1.54) is 19.2 Å². The van der Waals surface area contributed by atoms with Gasteiger partial charge in [0.2, 0.25) is 0 Å². The lowest BCUT2D eigenvalue weighted by Gasteiger charge is -2.09. The zero-order chi connectivity index (χ0) is 7.28. The molecule has 0 spiro atoms. The van der Waals surface area contributed by atoms with Crippen molar-refractivity contribution in [3.05, 3.63) is 0 Å². The maximum atomic E-state index is 2.35. The van der Waals surface area contributed by atoms with Gasteiger partial charge in [-0.05, 0) is 0 Å². The minimum atomic E-state index is 0.881. The monoisotopic (exact) mass is 126 g/mol. The fourth-order valence-corrected chi connectivity index (χ4v) is 1.42. The van der Waals surface area contributed by atoms with Crippen LogP contribution in [0, 0.1) is 5.92 Å². The Balaban J connectivity index is 3.15. The second kappa shape index (κ2) is 4.90. The van der Waals surface area contributed by atoms with Crippen molar-refractivity contribution in [1.82, 2.24) is 0 Å². The molecule has 0 saturated carbocycles. The van der Waals surface area contributed by atoms with Crippen LogP contribution < -0.4 is 0 Å². The van der Waals surface area contributed by atoms with Crippen LogP contribution in [0.4, 0.5) is 0 Å². The van der Waals surface area contributed by atoms with Crippen molar-refractivity contribution in [2.24, 2.45) is 5.92 Å². The van der Waals surface area contributed by atoms with Crippen LogP contribution in [0.2, 0.25) is 20.0 Å². The molecule has 0 N–H and O–H groups in total. The van der Waals surface area contributed by atoms with Crippen molar-refractivity contribution in [2.75, 3.05) is 0 Å². The van der Waals surface area contributed by atoms with Crippen molar-refractivity contribution in [1.29, 1.82) is 0 Å². The van der Waals surface area contributed by atoms with Crippen molar-refractivity contribution in [3.63, 3.8) is 0 Å². The van der Waals surface area contributed by atoms with Crippen LogP contribution in [-0.4, -0.2) is 6.71 Å². The molecule has 0 amide bonds. The average molecular weight is 126 g/mol. The Bertz CT molecular complexity index is 59.6. The molecule has 0 aromatic rings. The summed E-state index contributed by atoms with van der Waals surface area (Å²) in [5, 5.41) is 0. The molecule has 0 aliphatic rings. The smallest absolute Gasteiger partial charge is 0.0863 e. The Hall–Kier alpha value is 0.0649. The second-order valence-electron chi connectivity index (χ2n) is 3.52. The minimum Gasteiger partial charge on any atom is -0.0863 e. The second-order valence-corrected chi connectivity index (χ2v) is 3.52. The number of rotatable bonds is 4. The van der Waals surface area contributed by atoms with E-state index in [1.54, 1.807) is 0 Å². The summed E-state index contributed by atoms with van der Waals surface area (Å²) in [6.07, 6.45) is 4.14. The zero-order valence-corrected chi connectivity index (χ0v) is 7.28. The molecule has 0 aliphatic heterocycles. The molecule has 1 heteroatoms. The van der Waals surface area contributed by atoms with Gasteiger partial charge in [0.1, 0.15) is 6.71 Å². The van der Waals surface area contributed by atoms with Crippen LogP contribution in [-0.2, 0) is 0 Å². The molecular formula is C8H19B. The largest absolute Gasteiger partial charge is 0.133 e. The fraction of sp³-hybridized carbons (Fsp3) is 1.00. The van der Waals surface area contributed by atoms with E-state index in [0.29, 0.717) is 0 Å². The molecule has 0 heterocycles. The highest BCUT2D eigenvalue weighted by Crippen LogP contribution is 2.12. The Kier molecular flexibility index (Phi) is 4.93. The van der Waals surface area contributed by atoms with Gasteiger partial charge >= 0.3 is 0 Å². The fourth-order valence-electron chi connectivity index (χ4n) is 1.42. The van der Waals surface area contributed by atoms with Gasteiger partial charge in [-0.2, -0.15) is 0 Å². The van der Waals surface area contributed by atoms with Crippen LogP contribution in [0.25, 0.3) is 0 Å². The van der Waals surface area contributed by atoms with Gasteiger partial charge in [0.25, 0.3) is 0 Å². The van der Waals surface area contributed by atoms with E-state index in [1.807, 2.05) is 0 Å². The lowest BCUT2D eigenvalue weighted by molar-refractivity contribution is 0.571. The van der Waals surface area contributed by atoms with Gasteiger partial charge in [-0.3, -0.25) is 0 Å². The summed E-state index contributed by atoms with van der Waals surface area (Å²) < 4.78 is 0. The molecule has 0 radical (unpaired) electrons. The molecule has 0 nitrogen and oxygen atoms in total. The quantitative estimate of drug-likeness (QED) is 0.507. The van der Waals surface area contributed by atoms with Gasteiger partial charge in [0, 0.05) is 0 Å². The first-order valence-electron chi connectivity index (χ1n) is 4.16. The van der Waals surface area contributed by atoms with Gasteiger partial charge < -0.3 is 0 Å². The van der Waals surface area contributed by atoms with Gasteiger partial charge in [0.15, 0.2) is 0 Å². The first-order valence-corrected chi connectivity index (χ1v) is 4.16. The Morgan fingerprint density at radius 2 is 1.89 bits per heavy atom. The normalized spacial score (nSPS) is 13.3. The Morgan fingerprint density at radius 3 is 2.22 bits per heavy atom. The zero-order valence-electron chi connectivity index (χ0n) is 7.28. The molecule has 0 rings (SSSR count). The van der Waals surface area contributed by atoms with Gasteiger partial charge in [0.05, 0.1) is 0 Å². The topological polar surface area (TPSA) is 0 Å². The third kappa shape index (κ3) is 5.94. The summed E-state index contributed by atoms with van der Waals surface area (Å²) in [7, 11) is 0. The molecule has 0 bridgehead atoms. The summed E-state index contributed by atoms with van der Waals surface area (Å²) >= 11 is 0. The van der Waals surface area contributed by atoms with Crippen LogP contribution in [0.1, 0.15) is 26.7 Å². The molecule has 0 aliphatic carbocycles. The van der Waals surface area contributed by atoms with E-state index in [2.05, 4.69) is 27.5 Å². The lowest BCUT2D eigenvalue weighted by Crippen LogP contribution is -2.06. The van der Waals surface area contributed by atoms with E-state index in [-0.39, 0.29) is 0 Å². The Labute approximate surface area is 60.1 Å². The first-order chi connectivity index (χ1) is 4.16. The van der Waals surface area contributed by atoms with E-state index >= 15 is 0 Å². The molecule has 9 heavy (non-hydrogen) atoms. The molecule has 0 saturated heterocycles. The first kappa shape index (κ1) is 9.06. The van der Waals surface area contributed by atoms with Gasteiger partial charge in [-0.25, -0.2) is 0 Å². The van der Waals surface area contributed by atoms with Crippen LogP contribution in [0.15, 0.2) is 0 Å². The average Bonchev–Trinajstić information content (AvgIpc) is 1.63. The highest BCUT2D eigenvalue weighted by molar-refractivity contribution is 6.55. The standard InChI is InChI=1S/C8H19B/c1-5-6-8(2)7-9(3)4/h8H,5-7H2,1-4H3. The molecule has 0 aromatic heterocycles. The third-order valence-electron chi connectivity index (χ3n) is 1.66. The van der Waals surface area contributed by atoms with Crippen LogP contribution in [0.5, 0.6) is 0 Å². The highest BCUT2D eigenvalue weighted by atomic mass is 14.0. The van der Waals surface area contributed by atoms with E-state index < -0.39 is 0 Å². The molecule has 1 atom stereocenters. The Morgan fingerprint density at radius 1 is 1.33 bits per heavy atom. The summed E-state index contributed by atoms with van der Waals surface area (Å²) in [6.45, 7) is 10.1. The van der Waals surface area contributed by atoms with Crippen LogP contribution >= 0.6 is 0 Å². The SMILES string of the molecule is CCCC(C)CB(C)C. The van der Waals surface area contributed by atoms with Crippen molar-refractivity contribution < 1.29 is 0 Å². The van der Waals surface area contributed by atoms with Gasteiger partial charge in [-0.1, -0.05) is 52.6 Å². The summed E-state index contributed by atoms with van der Waals surface area (Å²) in [5.41, 5.74) is 0. The van der Waals surface area contributed by atoms with Crippen LogP contribution in [0.3, 0.4) is 0 Å². The maximum absolute atomic E-state index is 2.35. The molecule has 54 valence electrons.